The van der Waals surface area contributed by atoms with Crippen LogP contribution in [0, 0.1) is 0 Å². The third-order valence-electron chi connectivity index (χ3n) is 6.25. The van der Waals surface area contributed by atoms with E-state index in [1.165, 1.54) is 17.8 Å². The Morgan fingerprint density at radius 2 is 1.68 bits per heavy atom. The Balaban J connectivity index is 2.21. The van der Waals surface area contributed by atoms with Crippen molar-refractivity contribution in [3.05, 3.63) is 32.6 Å². The van der Waals surface area contributed by atoms with E-state index in [4.69, 9.17) is 9.16 Å². The van der Waals surface area contributed by atoms with E-state index in [-0.39, 0.29) is 11.2 Å². The molecule has 0 spiro atoms. The minimum absolute atomic E-state index is 0.320. The molecule has 1 aliphatic heterocycles. The lowest BCUT2D eigenvalue weighted by Crippen LogP contribution is -2.49. The van der Waals surface area contributed by atoms with Crippen LogP contribution in [0.1, 0.15) is 59.6 Å². The zero-order valence-corrected chi connectivity index (χ0v) is 19.4. The van der Waals surface area contributed by atoms with E-state index in [1.54, 1.807) is 7.05 Å². The molecular weight excluding hydrogens is 376 g/mol. The number of hydrogen-bond acceptors (Lipinski definition) is 5. The van der Waals surface area contributed by atoms with Crippen LogP contribution < -0.4 is 11.2 Å². The Kier molecular flexibility index (Phi) is 7.12. The lowest BCUT2D eigenvalue weighted by atomic mass is 10.1. The number of aryl methyl sites for hydroxylation is 1. The van der Waals surface area contributed by atoms with Gasteiger partial charge in [0.2, 0.25) is 0 Å². The van der Waals surface area contributed by atoms with Crippen LogP contribution in [0.25, 0.3) is 0 Å². The van der Waals surface area contributed by atoms with Gasteiger partial charge in [0.25, 0.3) is 5.56 Å². The molecule has 1 aromatic heterocycles. The van der Waals surface area contributed by atoms with E-state index in [2.05, 4.69) is 41.5 Å². The first-order valence-corrected chi connectivity index (χ1v) is 12.3. The summed E-state index contributed by atoms with van der Waals surface area (Å²) in [6.45, 7) is 13.6. The standard InChI is InChI=1S/C20H36N2O5Si/c1-12(2)28(13(3)4,14(5)6)26-11-18-16(23)9-17(27-18)15-10-21(7)20(25)22(8)19(15)24/h10,12-14,16-18,23H,9,11H2,1-8H3/t16-,17+,18+/m0/s1. The topological polar surface area (TPSA) is 82.7 Å². The van der Waals surface area contributed by atoms with Gasteiger partial charge in [0.15, 0.2) is 8.32 Å². The zero-order chi connectivity index (χ0) is 21.4. The van der Waals surface area contributed by atoms with E-state index in [0.717, 1.165) is 4.57 Å². The van der Waals surface area contributed by atoms with Crippen LogP contribution in [0.4, 0.5) is 0 Å². The number of aliphatic hydroxyl groups is 1. The first-order chi connectivity index (χ1) is 12.9. The number of hydrogen-bond donors (Lipinski definition) is 1. The van der Waals surface area contributed by atoms with Gasteiger partial charge in [-0.25, -0.2) is 4.79 Å². The van der Waals surface area contributed by atoms with Gasteiger partial charge in [-0.1, -0.05) is 41.5 Å². The molecule has 1 fully saturated rings. The molecule has 1 aliphatic rings. The Labute approximate surface area is 168 Å². The van der Waals surface area contributed by atoms with Gasteiger partial charge in [-0.15, -0.1) is 0 Å². The third kappa shape index (κ3) is 4.05. The lowest BCUT2D eigenvalue weighted by molar-refractivity contribution is -0.0208. The minimum atomic E-state index is -2.06. The fourth-order valence-corrected chi connectivity index (χ4v) is 10.3. The van der Waals surface area contributed by atoms with Crippen molar-refractivity contribution in [1.82, 2.24) is 9.13 Å². The van der Waals surface area contributed by atoms with Crippen molar-refractivity contribution >= 4 is 8.32 Å². The Bertz CT molecular complexity index is 777. The highest BCUT2D eigenvalue weighted by molar-refractivity contribution is 6.77. The summed E-state index contributed by atoms with van der Waals surface area (Å²) in [5.74, 6) is 0. The molecule has 0 aliphatic carbocycles. The largest absolute Gasteiger partial charge is 0.413 e. The molecule has 0 aromatic carbocycles. The second-order valence-electron chi connectivity index (χ2n) is 8.94. The SMILES string of the molecule is CC(C)[Si](OC[C@H]1O[C@@H](c2cn(C)c(=O)n(C)c2=O)C[C@@H]1O)(C(C)C)C(C)C. The second-order valence-corrected chi connectivity index (χ2v) is 14.4. The summed E-state index contributed by atoms with van der Waals surface area (Å²) in [6.07, 6.45) is 0.115. The van der Waals surface area contributed by atoms with Crippen LogP contribution in [-0.2, 0) is 23.3 Å². The number of ether oxygens (including phenoxy) is 1. The summed E-state index contributed by atoms with van der Waals surface area (Å²) in [5, 5.41) is 10.6. The average molecular weight is 413 g/mol. The van der Waals surface area contributed by atoms with Crippen LogP contribution in [-0.4, -0.2) is 41.4 Å². The molecule has 2 rings (SSSR count). The van der Waals surface area contributed by atoms with Crippen LogP contribution in [0.15, 0.2) is 15.8 Å². The molecular formula is C20H36N2O5Si. The highest BCUT2D eigenvalue weighted by Gasteiger charge is 2.46. The van der Waals surface area contributed by atoms with Crippen molar-refractivity contribution in [2.75, 3.05) is 6.61 Å². The van der Waals surface area contributed by atoms with Crippen molar-refractivity contribution < 1.29 is 14.3 Å². The van der Waals surface area contributed by atoms with Gasteiger partial charge in [-0.05, 0) is 16.6 Å². The van der Waals surface area contributed by atoms with Gasteiger partial charge in [0.1, 0.15) is 6.10 Å². The van der Waals surface area contributed by atoms with E-state index in [9.17, 15) is 14.7 Å². The molecule has 1 saturated heterocycles. The molecule has 0 unspecified atom stereocenters. The number of aromatic nitrogens is 2. The van der Waals surface area contributed by atoms with Crippen molar-refractivity contribution in [3.8, 4) is 0 Å². The summed E-state index contributed by atoms with van der Waals surface area (Å²) in [6, 6.07) is 0. The summed E-state index contributed by atoms with van der Waals surface area (Å²) < 4.78 is 15.0. The monoisotopic (exact) mass is 412 g/mol. The Hall–Kier alpha value is -1.22. The molecule has 1 aromatic rings. The highest BCUT2D eigenvalue weighted by atomic mass is 28.4. The van der Waals surface area contributed by atoms with Gasteiger partial charge >= 0.3 is 5.69 Å². The molecule has 8 heteroatoms. The Morgan fingerprint density at radius 3 is 2.18 bits per heavy atom. The van der Waals surface area contributed by atoms with E-state index in [1.807, 2.05) is 0 Å². The van der Waals surface area contributed by atoms with Crippen molar-refractivity contribution in [1.29, 1.82) is 0 Å². The molecule has 0 saturated carbocycles. The zero-order valence-electron chi connectivity index (χ0n) is 18.4. The number of rotatable bonds is 7. The summed E-state index contributed by atoms with van der Waals surface area (Å²) >= 11 is 0. The number of aliphatic hydroxyl groups excluding tert-OH is 1. The molecule has 0 amide bonds. The van der Waals surface area contributed by atoms with Crippen LogP contribution in [0.2, 0.25) is 16.6 Å². The quantitative estimate of drug-likeness (QED) is 0.696. The number of nitrogens with zero attached hydrogens (tertiary/aromatic N) is 2. The molecule has 7 nitrogen and oxygen atoms in total. The van der Waals surface area contributed by atoms with Gasteiger partial charge in [-0.2, -0.15) is 0 Å². The predicted molar refractivity (Wildman–Crippen MR) is 112 cm³/mol. The van der Waals surface area contributed by atoms with E-state index >= 15 is 0 Å². The Morgan fingerprint density at radius 1 is 1.14 bits per heavy atom. The maximum atomic E-state index is 12.5. The molecule has 3 atom stereocenters. The molecule has 0 bridgehead atoms. The normalized spacial score (nSPS) is 23.4. The average Bonchev–Trinajstić information content (AvgIpc) is 2.96. The fourth-order valence-electron chi connectivity index (χ4n) is 4.86. The summed E-state index contributed by atoms with van der Waals surface area (Å²) in [7, 11) is 0.990. The van der Waals surface area contributed by atoms with Gasteiger partial charge in [-0.3, -0.25) is 9.36 Å². The second kappa shape index (κ2) is 8.65. The van der Waals surface area contributed by atoms with Crippen LogP contribution >= 0.6 is 0 Å². The van der Waals surface area contributed by atoms with E-state index < -0.39 is 26.6 Å². The molecule has 0 radical (unpaired) electrons. The first-order valence-electron chi connectivity index (χ1n) is 10.2. The third-order valence-corrected chi connectivity index (χ3v) is 12.3. The highest BCUT2D eigenvalue weighted by Crippen LogP contribution is 2.43. The molecule has 2 heterocycles. The maximum absolute atomic E-state index is 12.5. The van der Waals surface area contributed by atoms with Crippen LogP contribution in [0.3, 0.4) is 0 Å². The van der Waals surface area contributed by atoms with Crippen LogP contribution in [0.5, 0.6) is 0 Å². The molecule has 160 valence electrons. The van der Waals surface area contributed by atoms with Crippen molar-refractivity contribution in [2.24, 2.45) is 14.1 Å². The van der Waals surface area contributed by atoms with Gasteiger partial charge in [0, 0.05) is 26.7 Å². The smallest absolute Gasteiger partial charge is 0.330 e. The predicted octanol–water partition coefficient (Wildman–Crippen LogP) is 2.47. The van der Waals surface area contributed by atoms with Gasteiger partial charge < -0.3 is 18.8 Å². The molecule has 1 N–H and O–H groups in total. The van der Waals surface area contributed by atoms with Crippen molar-refractivity contribution in [2.45, 2.75) is 82.9 Å². The minimum Gasteiger partial charge on any atom is -0.413 e. The summed E-state index contributed by atoms with van der Waals surface area (Å²) in [5.41, 5.74) is 0.963. The van der Waals surface area contributed by atoms with Gasteiger partial charge in [0.05, 0.1) is 24.4 Å². The lowest BCUT2D eigenvalue weighted by Gasteiger charge is -2.42. The fraction of sp³-hybridized carbons (Fsp3) is 0.800. The maximum Gasteiger partial charge on any atom is 0.330 e. The van der Waals surface area contributed by atoms with Crippen molar-refractivity contribution in [3.63, 3.8) is 0 Å². The summed E-state index contributed by atoms with van der Waals surface area (Å²) in [4.78, 5) is 24.4. The molecule has 28 heavy (non-hydrogen) atoms. The first kappa shape index (κ1) is 23.1. The van der Waals surface area contributed by atoms with E-state index in [0.29, 0.717) is 35.2 Å².